The number of carbonyl (C=O) groups excluding carboxylic acids is 2. The molecule has 0 aliphatic heterocycles. The highest BCUT2D eigenvalue weighted by atomic mass is 35.5. The van der Waals surface area contributed by atoms with E-state index in [-0.39, 0.29) is 36.6 Å². The molecule has 9 heteroatoms. The van der Waals surface area contributed by atoms with Crippen molar-refractivity contribution in [2.24, 2.45) is 11.7 Å². The minimum Gasteiger partial charge on any atom is -0.492 e. The molecule has 1 aromatic heterocycles. The number of halogens is 1. The SMILES string of the molecule is CC(C)C(=O)Nc1nc(CC(=O)Nc2ccc(OCCN)cc2)cs1.Cl. The molecule has 0 radical (unpaired) electrons. The third kappa shape index (κ3) is 6.99. The van der Waals surface area contributed by atoms with Gasteiger partial charge >= 0.3 is 0 Å². The van der Waals surface area contributed by atoms with Crippen molar-refractivity contribution in [2.75, 3.05) is 23.8 Å². The van der Waals surface area contributed by atoms with Gasteiger partial charge in [0.1, 0.15) is 12.4 Å². The molecule has 0 atom stereocenters. The number of hydrogen-bond acceptors (Lipinski definition) is 6. The van der Waals surface area contributed by atoms with Gasteiger partial charge in [-0.3, -0.25) is 9.59 Å². The van der Waals surface area contributed by atoms with E-state index < -0.39 is 0 Å². The number of amides is 2. The summed E-state index contributed by atoms with van der Waals surface area (Å²) in [5.41, 5.74) is 6.67. The van der Waals surface area contributed by atoms with Gasteiger partial charge in [0.05, 0.1) is 12.1 Å². The average molecular weight is 399 g/mol. The van der Waals surface area contributed by atoms with Crippen LogP contribution in [0.5, 0.6) is 5.75 Å². The first-order valence-electron chi connectivity index (χ1n) is 7.96. The van der Waals surface area contributed by atoms with Gasteiger partial charge in [0.25, 0.3) is 0 Å². The highest BCUT2D eigenvalue weighted by Gasteiger charge is 2.12. The summed E-state index contributed by atoms with van der Waals surface area (Å²) in [6.45, 7) is 4.52. The van der Waals surface area contributed by atoms with Crippen LogP contribution in [-0.4, -0.2) is 29.9 Å². The summed E-state index contributed by atoms with van der Waals surface area (Å²) in [6.07, 6.45) is 0.138. The van der Waals surface area contributed by atoms with Gasteiger partial charge in [0.2, 0.25) is 11.8 Å². The van der Waals surface area contributed by atoms with E-state index in [1.54, 1.807) is 29.6 Å². The molecule has 0 aliphatic rings. The molecular formula is C17H23ClN4O3S. The fourth-order valence-corrected chi connectivity index (χ4v) is 2.59. The number of nitrogens with two attached hydrogens (primary N) is 1. The van der Waals surface area contributed by atoms with Gasteiger partial charge < -0.3 is 21.1 Å². The van der Waals surface area contributed by atoms with Crippen LogP contribution in [0.15, 0.2) is 29.6 Å². The van der Waals surface area contributed by atoms with Crippen LogP contribution in [0.1, 0.15) is 19.5 Å². The van der Waals surface area contributed by atoms with Gasteiger partial charge in [-0.25, -0.2) is 4.98 Å². The minimum atomic E-state index is -0.178. The second kappa shape index (κ2) is 10.7. The second-order valence-electron chi connectivity index (χ2n) is 5.67. The van der Waals surface area contributed by atoms with Gasteiger partial charge in [-0.05, 0) is 24.3 Å². The lowest BCUT2D eigenvalue weighted by atomic mass is 10.2. The van der Waals surface area contributed by atoms with Crippen molar-refractivity contribution >= 4 is 46.4 Å². The molecule has 142 valence electrons. The fourth-order valence-electron chi connectivity index (χ4n) is 1.88. The van der Waals surface area contributed by atoms with Crippen LogP contribution in [0.2, 0.25) is 0 Å². The van der Waals surface area contributed by atoms with Crippen molar-refractivity contribution in [2.45, 2.75) is 20.3 Å². The van der Waals surface area contributed by atoms with E-state index in [0.717, 1.165) is 0 Å². The smallest absolute Gasteiger partial charge is 0.230 e. The number of anilines is 2. The second-order valence-corrected chi connectivity index (χ2v) is 6.53. The van der Waals surface area contributed by atoms with Crippen molar-refractivity contribution in [3.8, 4) is 5.75 Å². The predicted octanol–water partition coefficient (Wildman–Crippen LogP) is 2.68. The van der Waals surface area contributed by atoms with Crippen LogP contribution >= 0.6 is 23.7 Å². The van der Waals surface area contributed by atoms with Gasteiger partial charge in [0, 0.05) is 23.5 Å². The van der Waals surface area contributed by atoms with Crippen LogP contribution in [0.4, 0.5) is 10.8 Å². The van der Waals surface area contributed by atoms with Gasteiger partial charge in [0.15, 0.2) is 5.13 Å². The molecule has 0 bridgehead atoms. The number of ether oxygens (including phenoxy) is 1. The standard InChI is InChI=1S/C17H22N4O3S.ClH/c1-11(2)16(23)21-17-20-13(10-25-17)9-15(22)19-12-3-5-14(6-4-12)24-8-7-18;/h3-6,10-11H,7-9,18H2,1-2H3,(H,19,22)(H,20,21,23);1H. The molecule has 1 heterocycles. The molecule has 0 saturated heterocycles. The van der Waals surface area contributed by atoms with E-state index in [2.05, 4.69) is 15.6 Å². The van der Waals surface area contributed by atoms with E-state index in [0.29, 0.717) is 35.4 Å². The summed E-state index contributed by atoms with van der Waals surface area (Å²) < 4.78 is 5.38. The van der Waals surface area contributed by atoms with Gasteiger partial charge in [-0.1, -0.05) is 13.8 Å². The lowest BCUT2D eigenvalue weighted by molar-refractivity contribution is -0.119. The monoisotopic (exact) mass is 398 g/mol. The van der Waals surface area contributed by atoms with E-state index in [1.165, 1.54) is 11.3 Å². The molecule has 0 saturated carbocycles. The van der Waals surface area contributed by atoms with Crippen molar-refractivity contribution in [3.05, 3.63) is 35.3 Å². The van der Waals surface area contributed by atoms with Gasteiger partial charge in [-0.15, -0.1) is 23.7 Å². The van der Waals surface area contributed by atoms with Crippen LogP contribution in [-0.2, 0) is 16.0 Å². The Bertz CT molecular complexity index is 719. The molecule has 0 spiro atoms. The highest BCUT2D eigenvalue weighted by Crippen LogP contribution is 2.18. The third-order valence-electron chi connectivity index (χ3n) is 3.17. The Balaban J connectivity index is 0.00000338. The van der Waals surface area contributed by atoms with Crippen molar-refractivity contribution in [1.29, 1.82) is 0 Å². The first kappa shape index (κ1) is 21.9. The number of carbonyl (C=O) groups is 2. The Morgan fingerprint density at radius 3 is 2.54 bits per heavy atom. The molecule has 2 rings (SSSR count). The maximum atomic E-state index is 12.1. The Morgan fingerprint density at radius 2 is 1.92 bits per heavy atom. The number of nitrogens with zero attached hydrogens (tertiary/aromatic N) is 1. The zero-order chi connectivity index (χ0) is 18.2. The van der Waals surface area contributed by atoms with Crippen LogP contribution < -0.4 is 21.1 Å². The van der Waals surface area contributed by atoms with E-state index in [9.17, 15) is 9.59 Å². The minimum absolute atomic E-state index is 0. The molecule has 0 fully saturated rings. The first-order valence-corrected chi connectivity index (χ1v) is 8.84. The predicted molar refractivity (Wildman–Crippen MR) is 106 cm³/mol. The molecule has 7 nitrogen and oxygen atoms in total. The highest BCUT2D eigenvalue weighted by molar-refractivity contribution is 7.13. The lowest BCUT2D eigenvalue weighted by Crippen LogP contribution is -2.18. The quantitative estimate of drug-likeness (QED) is 0.633. The Hall–Kier alpha value is -2.16. The number of thiazole rings is 1. The maximum Gasteiger partial charge on any atom is 0.230 e. The molecule has 2 aromatic rings. The normalized spacial score (nSPS) is 10.2. The molecule has 4 N–H and O–H groups in total. The van der Waals surface area contributed by atoms with Crippen LogP contribution in [0.25, 0.3) is 0 Å². The van der Waals surface area contributed by atoms with Crippen molar-refractivity contribution in [3.63, 3.8) is 0 Å². The number of rotatable bonds is 8. The molecule has 1 aromatic carbocycles. The Morgan fingerprint density at radius 1 is 1.23 bits per heavy atom. The van der Waals surface area contributed by atoms with Crippen LogP contribution in [0.3, 0.4) is 0 Å². The third-order valence-corrected chi connectivity index (χ3v) is 3.98. The summed E-state index contributed by atoms with van der Waals surface area (Å²) in [7, 11) is 0. The van der Waals surface area contributed by atoms with Crippen molar-refractivity contribution in [1.82, 2.24) is 4.98 Å². The summed E-state index contributed by atoms with van der Waals surface area (Å²) in [5, 5.41) is 7.79. The first-order chi connectivity index (χ1) is 12.0. The summed E-state index contributed by atoms with van der Waals surface area (Å²) in [5.74, 6) is 0.311. The van der Waals surface area contributed by atoms with Crippen molar-refractivity contribution < 1.29 is 14.3 Å². The zero-order valence-corrected chi connectivity index (χ0v) is 16.3. The molecule has 26 heavy (non-hydrogen) atoms. The Kier molecular flexibility index (Phi) is 9.04. The van der Waals surface area contributed by atoms with Crippen LogP contribution in [0, 0.1) is 5.92 Å². The summed E-state index contributed by atoms with van der Waals surface area (Å²) in [4.78, 5) is 28.0. The number of nitrogens with one attached hydrogen (secondary N) is 2. The number of benzene rings is 1. The summed E-state index contributed by atoms with van der Waals surface area (Å²) >= 11 is 1.30. The lowest BCUT2D eigenvalue weighted by Gasteiger charge is -2.07. The largest absolute Gasteiger partial charge is 0.492 e. The van der Waals surface area contributed by atoms with E-state index in [4.69, 9.17) is 10.5 Å². The fraction of sp³-hybridized carbons (Fsp3) is 0.353. The van der Waals surface area contributed by atoms with Gasteiger partial charge in [-0.2, -0.15) is 0 Å². The van der Waals surface area contributed by atoms with E-state index in [1.807, 2.05) is 13.8 Å². The molecule has 0 unspecified atom stereocenters. The zero-order valence-electron chi connectivity index (χ0n) is 14.7. The number of aromatic nitrogens is 1. The summed E-state index contributed by atoms with van der Waals surface area (Å²) in [6, 6.07) is 7.07. The number of hydrogen-bond donors (Lipinski definition) is 3. The average Bonchev–Trinajstić information content (AvgIpc) is 3.00. The van der Waals surface area contributed by atoms with E-state index >= 15 is 0 Å². The molecule has 2 amide bonds. The Labute approximate surface area is 162 Å². The maximum absolute atomic E-state index is 12.1. The topological polar surface area (TPSA) is 106 Å². The molecule has 0 aliphatic carbocycles. The molecular weight excluding hydrogens is 376 g/mol.